The van der Waals surface area contributed by atoms with Crippen LogP contribution in [0.3, 0.4) is 0 Å². The van der Waals surface area contributed by atoms with Gasteiger partial charge in [0.25, 0.3) is 5.91 Å². The van der Waals surface area contributed by atoms with E-state index in [0.717, 1.165) is 32.5 Å². The lowest BCUT2D eigenvalue weighted by Gasteiger charge is -2.26. The Morgan fingerprint density at radius 2 is 1.95 bits per heavy atom. The molecule has 1 aromatic rings. The predicted molar refractivity (Wildman–Crippen MR) is 83.7 cm³/mol. The molecule has 0 saturated heterocycles. The number of nitrogens with one attached hydrogen (secondary N) is 1. The van der Waals surface area contributed by atoms with Crippen LogP contribution in [0.2, 0.25) is 10.0 Å². The van der Waals surface area contributed by atoms with Crippen molar-refractivity contribution in [2.24, 2.45) is 0 Å². The Labute approximate surface area is 130 Å². The van der Waals surface area contributed by atoms with Crippen molar-refractivity contribution in [1.82, 2.24) is 10.2 Å². The molecule has 0 bridgehead atoms. The van der Waals surface area contributed by atoms with Crippen LogP contribution < -0.4 is 5.32 Å². The van der Waals surface area contributed by atoms with E-state index in [2.05, 4.69) is 24.1 Å². The molecule has 0 spiro atoms. The summed E-state index contributed by atoms with van der Waals surface area (Å²) in [5.74, 6) is -0.137. The summed E-state index contributed by atoms with van der Waals surface area (Å²) in [7, 11) is 0. The SMILES string of the molecule is CCN(CC)CC1(NC(=O)c2cccc(Cl)c2Cl)CC1. The first-order valence-electron chi connectivity index (χ1n) is 7.00. The van der Waals surface area contributed by atoms with Crippen molar-refractivity contribution >= 4 is 29.1 Å². The monoisotopic (exact) mass is 314 g/mol. The normalized spacial score (nSPS) is 16.2. The molecule has 5 heteroatoms. The maximum atomic E-state index is 12.4. The highest BCUT2D eigenvalue weighted by Crippen LogP contribution is 2.37. The number of benzene rings is 1. The number of hydrogen-bond acceptors (Lipinski definition) is 2. The number of hydrogen-bond donors (Lipinski definition) is 1. The van der Waals surface area contributed by atoms with Gasteiger partial charge in [0.1, 0.15) is 0 Å². The first kappa shape index (κ1) is 15.6. The summed E-state index contributed by atoms with van der Waals surface area (Å²) in [4.78, 5) is 14.7. The smallest absolute Gasteiger partial charge is 0.253 e. The van der Waals surface area contributed by atoms with E-state index < -0.39 is 0 Å². The van der Waals surface area contributed by atoms with Crippen molar-refractivity contribution in [1.29, 1.82) is 0 Å². The lowest BCUT2D eigenvalue weighted by Crippen LogP contribution is -2.45. The van der Waals surface area contributed by atoms with Crippen LogP contribution in [0.15, 0.2) is 18.2 Å². The van der Waals surface area contributed by atoms with Crippen molar-refractivity contribution in [3.8, 4) is 0 Å². The highest BCUT2D eigenvalue weighted by atomic mass is 35.5. The van der Waals surface area contributed by atoms with E-state index in [4.69, 9.17) is 23.2 Å². The van der Waals surface area contributed by atoms with Gasteiger partial charge in [-0.05, 0) is 38.1 Å². The van der Waals surface area contributed by atoms with E-state index in [1.165, 1.54) is 0 Å². The zero-order chi connectivity index (χ0) is 14.8. The molecule has 1 N–H and O–H groups in total. The van der Waals surface area contributed by atoms with Crippen LogP contribution in [-0.2, 0) is 0 Å². The second-order valence-electron chi connectivity index (χ2n) is 5.30. The highest BCUT2D eigenvalue weighted by Gasteiger charge is 2.45. The van der Waals surface area contributed by atoms with Crippen LogP contribution in [0.4, 0.5) is 0 Å². The van der Waals surface area contributed by atoms with Crippen molar-refractivity contribution in [3.63, 3.8) is 0 Å². The van der Waals surface area contributed by atoms with Crippen LogP contribution in [0.25, 0.3) is 0 Å². The standard InChI is InChI=1S/C15H20Cl2N2O/c1-3-19(4-2)10-15(8-9-15)18-14(20)11-6-5-7-12(16)13(11)17/h5-7H,3-4,8-10H2,1-2H3,(H,18,20). The first-order valence-corrected chi connectivity index (χ1v) is 7.76. The number of carbonyl (C=O) groups excluding carboxylic acids is 1. The van der Waals surface area contributed by atoms with Gasteiger partial charge in [0.15, 0.2) is 0 Å². The average Bonchev–Trinajstić information content (AvgIpc) is 3.18. The third-order valence-corrected chi connectivity index (χ3v) is 4.67. The fourth-order valence-electron chi connectivity index (χ4n) is 2.34. The van der Waals surface area contributed by atoms with Crippen molar-refractivity contribution in [2.45, 2.75) is 32.2 Å². The van der Waals surface area contributed by atoms with Crippen molar-refractivity contribution in [2.75, 3.05) is 19.6 Å². The number of rotatable bonds is 6. The van der Waals surface area contributed by atoms with E-state index in [-0.39, 0.29) is 11.4 Å². The molecule has 2 rings (SSSR count). The van der Waals surface area contributed by atoms with Gasteiger partial charge in [-0.15, -0.1) is 0 Å². The summed E-state index contributed by atoms with van der Waals surface area (Å²) >= 11 is 12.0. The van der Waals surface area contributed by atoms with Gasteiger partial charge < -0.3 is 10.2 Å². The van der Waals surface area contributed by atoms with Gasteiger partial charge in [-0.3, -0.25) is 4.79 Å². The molecule has 0 heterocycles. The van der Waals surface area contributed by atoms with Gasteiger partial charge in [-0.25, -0.2) is 0 Å². The molecule has 0 atom stereocenters. The quantitative estimate of drug-likeness (QED) is 0.870. The second-order valence-corrected chi connectivity index (χ2v) is 6.08. The highest BCUT2D eigenvalue weighted by molar-refractivity contribution is 6.43. The predicted octanol–water partition coefficient (Wildman–Crippen LogP) is 3.60. The topological polar surface area (TPSA) is 32.3 Å². The lowest BCUT2D eigenvalue weighted by atomic mass is 10.1. The molecule has 1 amide bonds. The van der Waals surface area contributed by atoms with Crippen molar-refractivity contribution in [3.05, 3.63) is 33.8 Å². The Balaban J connectivity index is 2.06. The number of halogens is 2. The number of amides is 1. The van der Waals surface area contributed by atoms with Crippen molar-refractivity contribution < 1.29 is 4.79 Å². The Hall–Kier alpha value is -0.770. The maximum absolute atomic E-state index is 12.4. The molecule has 1 fully saturated rings. The molecule has 3 nitrogen and oxygen atoms in total. The molecule has 110 valence electrons. The van der Waals surface area contributed by atoms with E-state index in [1.807, 2.05) is 0 Å². The Morgan fingerprint density at radius 1 is 1.30 bits per heavy atom. The van der Waals surface area contributed by atoms with Gasteiger partial charge in [-0.2, -0.15) is 0 Å². The minimum absolute atomic E-state index is 0.0885. The van der Waals surface area contributed by atoms with Crippen LogP contribution in [0.5, 0.6) is 0 Å². The summed E-state index contributed by atoms with van der Waals surface area (Å²) in [6, 6.07) is 5.13. The first-order chi connectivity index (χ1) is 9.51. The minimum Gasteiger partial charge on any atom is -0.345 e. The van der Waals surface area contributed by atoms with Gasteiger partial charge >= 0.3 is 0 Å². The molecule has 20 heavy (non-hydrogen) atoms. The number of carbonyl (C=O) groups is 1. The van der Waals surface area contributed by atoms with E-state index in [9.17, 15) is 4.79 Å². The fourth-order valence-corrected chi connectivity index (χ4v) is 2.72. The largest absolute Gasteiger partial charge is 0.345 e. The van der Waals surface area contributed by atoms with E-state index >= 15 is 0 Å². The molecule has 1 aliphatic rings. The van der Waals surface area contributed by atoms with Crippen LogP contribution in [0, 0.1) is 0 Å². The molecule has 1 aliphatic carbocycles. The van der Waals surface area contributed by atoms with E-state index in [0.29, 0.717) is 15.6 Å². The summed E-state index contributed by atoms with van der Waals surface area (Å²) in [6.07, 6.45) is 2.04. The van der Waals surface area contributed by atoms with Crippen LogP contribution in [0.1, 0.15) is 37.0 Å². The molecule has 1 saturated carbocycles. The Morgan fingerprint density at radius 3 is 2.50 bits per heavy atom. The zero-order valence-corrected chi connectivity index (χ0v) is 13.4. The van der Waals surface area contributed by atoms with E-state index in [1.54, 1.807) is 18.2 Å². The summed E-state index contributed by atoms with van der Waals surface area (Å²) < 4.78 is 0. The fraction of sp³-hybridized carbons (Fsp3) is 0.533. The molecule has 0 aliphatic heterocycles. The third kappa shape index (κ3) is 3.46. The van der Waals surface area contributed by atoms with Gasteiger partial charge in [0.2, 0.25) is 0 Å². The molecule has 0 unspecified atom stereocenters. The second kappa shape index (κ2) is 6.33. The molecular weight excluding hydrogens is 295 g/mol. The summed E-state index contributed by atoms with van der Waals surface area (Å²) in [6.45, 7) is 7.15. The summed E-state index contributed by atoms with van der Waals surface area (Å²) in [5.41, 5.74) is 0.361. The van der Waals surface area contributed by atoms with Crippen LogP contribution in [-0.4, -0.2) is 36.0 Å². The molecule has 0 aromatic heterocycles. The Bertz CT molecular complexity index is 497. The number of likely N-dealkylation sites (N-methyl/N-ethyl adjacent to an activating group) is 1. The molecule has 1 aromatic carbocycles. The van der Waals surface area contributed by atoms with Crippen LogP contribution >= 0.6 is 23.2 Å². The maximum Gasteiger partial charge on any atom is 0.253 e. The minimum atomic E-state index is -0.137. The third-order valence-electron chi connectivity index (χ3n) is 3.85. The molecular formula is C15H20Cl2N2O. The van der Waals surface area contributed by atoms with Gasteiger partial charge in [-0.1, -0.05) is 43.1 Å². The van der Waals surface area contributed by atoms with Gasteiger partial charge in [0.05, 0.1) is 21.1 Å². The molecule has 0 radical (unpaired) electrons. The van der Waals surface area contributed by atoms with Gasteiger partial charge in [0, 0.05) is 6.54 Å². The lowest BCUT2D eigenvalue weighted by molar-refractivity contribution is 0.0918. The number of nitrogens with zero attached hydrogens (tertiary/aromatic N) is 1. The summed E-state index contributed by atoms with van der Waals surface area (Å²) in [5, 5.41) is 3.86. The Kier molecular flexibility index (Phi) is 4.95. The average molecular weight is 315 g/mol. The zero-order valence-electron chi connectivity index (χ0n) is 11.9.